The number of carboxylic acid groups (broad SMARTS) is 1. The third-order valence-electron chi connectivity index (χ3n) is 2.07. The molecule has 0 unspecified atom stereocenters. The molecular formula is C11H13BrO4S. The molecule has 1 N–H and O–H groups in total. The third kappa shape index (κ3) is 4.31. The highest BCUT2D eigenvalue weighted by Gasteiger charge is 2.13. The minimum Gasteiger partial charge on any atom is -0.478 e. The van der Waals surface area contributed by atoms with E-state index in [-0.39, 0.29) is 11.9 Å². The van der Waals surface area contributed by atoms with E-state index in [1.165, 1.54) is 11.8 Å². The lowest BCUT2D eigenvalue weighted by molar-refractivity contribution is -0.0842. The van der Waals surface area contributed by atoms with Crippen LogP contribution in [0.1, 0.15) is 10.4 Å². The Labute approximate surface area is 112 Å². The van der Waals surface area contributed by atoms with Gasteiger partial charge in [0.2, 0.25) is 0 Å². The predicted octanol–water partition coefficient (Wildman–Crippen LogP) is 2.86. The maximum Gasteiger partial charge on any atom is 0.336 e. The number of hydrogen-bond donors (Lipinski definition) is 1. The molecule has 1 rings (SSSR count). The van der Waals surface area contributed by atoms with Gasteiger partial charge >= 0.3 is 5.97 Å². The third-order valence-corrected chi connectivity index (χ3v) is 3.66. The fourth-order valence-electron chi connectivity index (χ4n) is 1.18. The molecule has 4 nitrogen and oxygen atoms in total. The molecular weight excluding hydrogens is 308 g/mol. The van der Waals surface area contributed by atoms with E-state index < -0.39 is 5.97 Å². The van der Waals surface area contributed by atoms with E-state index in [1.54, 1.807) is 32.4 Å². The molecule has 0 saturated carbocycles. The van der Waals surface area contributed by atoms with Gasteiger partial charge in [-0.2, -0.15) is 0 Å². The molecule has 0 bridgehead atoms. The number of thioether (sulfide) groups is 1. The van der Waals surface area contributed by atoms with Gasteiger partial charge in [0.25, 0.3) is 0 Å². The van der Waals surface area contributed by atoms with Crippen LogP contribution in [-0.4, -0.2) is 37.3 Å². The maximum atomic E-state index is 11.0. The van der Waals surface area contributed by atoms with Gasteiger partial charge in [-0.15, -0.1) is 11.8 Å². The summed E-state index contributed by atoms with van der Waals surface area (Å²) in [5.41, 5.74) is 0.282. The number of methoxy groups -OCH3 is 2. The first-order valence-corrected chi connectivity index (χ1v) is 6.57. The van der Waals surface area contributed by atoms with Crippen molar-refractivity contribution in [2.24, 2.45) is 0 Å². The van der Waals surface area contributed by atoms with Crippen molar-refractivity contribution < 1.29 is 19.4 Å². The van der Waals surface area contributed by atoms with Gasteiger partial charge in [0, 0.05) is 29.3 Å². The number of benzene rings is 1. The van der Waals surface area contributed by atoms with Gasteiger partial charge < -0.3 is 14.6 Å². The Hall–Kier alpha value is -0.560. The van der Waals surface area contributed by atoms with Crippen LogP contribution in [0.3, 0.4) is 0 Å². The summed E-state index contributed by atoms with van der Waals surface area (Å²) < 4.78 is 10.9. The van der Waals surface area contributed by atoms with Crippen LogP contribution in [0.2, 0.25) is 0 Å². The van der Waals surface area contributed by atoms with Gasteiger partial charge in [0.15, 0.2) is 6.29 Å². The molecule has 0 radical (unpaired) electrons. The van der Waals surface area contributed by atoms with Crippen molar-refractivity contribution in [3.05, 3.63) is 28.2 Å². The number of carboxylic acids is 1. The molecule has 0 spiro atoms. The summed E-state index contributed by atoms with van der Waals surface area (Å²) in [6, 6.07) is 5.05. The number of aromatic carboxylic acids is 1. The number of halogens is 1. The van der Waals surface area contributed by atoms with Crippen LogP contribution in [0.25, 0.3) is 0 Å². The van der Waals surface area contributed by atoms with E-state index in [0.29, 0.717) is 10.6 Å². The maximum absolute atomic E-state index is 11.0. The van der Waals surface area contributed by atoms with Crippen LogP contribution < -0.4 is 0 Å². The zero-order valence-electron chi connectivity index (χ0n) is 9.47. The zero-order chi connectivity index (χ0) is 12.8. The monoisotopic (exact) mass is 320 g/mol. The lowest BCUT2D eigenvalue weighted by Crippen LogP contribution is -2.16. The minimum atomic E-state index is -0.939. The van der Waals surface area contributed by atoms with Gasteiger partial charge in [-0.25, -0.2) is 4.79 Å². The fraction of sp³-hybridized carbons (Fsp3) is 0.364. The topological polar surface area (TPSA) is 55.8 Å². The molecule has 1 aromatic carbocycles. The molecule has 0 aromatic heterocycles. The average Bonchev–Trinajstić information content (AvgIpc) is 2.30. The van der Waals surface area contributed by atoms with E-state index in [2.05, 4.69) is 15.9 Å². The van der Waals surface area contributed by atoms with Crippen molar-refractivity contribution in [3.63, 3.8) is 0 Å². The smallest absolute Gasteiger partial charge is 0.336 e. The number of ether oxygens (including phenoxy) is 2. The van der Waals surface area contributed by atoms with Crippen LogP contribution >= 0.6 is 27.7 Å². The SMILES string of the molecule is COC(CSc1cc(Br)ccc1C(=O)O)OC. The molecule has 0 atom stereocenters. The normalized spacial score (nSPS) is 10.8. The van der Waals surface area contributed by atoms with E-state index in [1.807, 2.05) is 0 Å². The Morgan fingerprint density at radius 3 is 2.65 bits per heavy atom. The van der Waals surface area contributed by atoms with Gasteiger partial charge in [0.05, 0.1) is 5.56 Å². The lowest BCUT2D eigenvalue weighted by atomic mass is 10.2. The van der Waals surface area contributed by atoms with Crippen molar-refractivity contribution in [1.29, 1.82) is 0 Å². The van der Waals surface area contributed by atoms with Crippen LogP contribution in [0.4, 0.5) is 0 Å². The molecule has 1 aromatic rings. The second kappa shape index (κ2) is 7.00. The minimum absolute atomic E-state index is 0.282. The van der Waals surface area contributed by atoms with Crippen LogP contribution in [0.5, 0.6) is 0 Å². The van der Waals surface area contributed by atoms with E-state index in [0.717, 1.165) is 4.47 Å². The predicted molar refractivity (Wildman–Crippen MR) is 69.6 cm³/mol. The first-order chi connectivity index (χ1) is 8.08. The Balaban J connectivity index is 2.81. The van der Waals surface area contributed by atoms with Crippen LogP contribution in [0, 0.1) is 0 Å². The van der Waals surface area contributed by atoms with Gasteiger partial charge in [0.1, 0.15) is 0 Å². The molecule has 0 fully saturated rings. The highest BCUT2D eigenvalue weighted by molar-refractivity contribution is 9.10. The summed E-state index contributed by atoms with van der Waals surface area (Å²) in [5.74, 6) is -0.407. The Morgan fingerprint density at radius 1 is 1.47 bits per heavy atom. The average molecular weight is 321 g/mol. The van der Waals surface area contributed by atoms with Crippen molar-refractivity contribution in [1.82, 2.24) is 0 Å². The highest BCUT2D eigenvalue weighted by Crippen LogP contribution is 2.27. The molecule has 0 saturated heterocycles. The van der Waals surface area contributed by atoms with Gasteiger partial charge in [-0.1, -0.05) is 15.9 Å². The molecule has 17 heavy (non-hydrogen) atoms. The van der Waals surface area contributed by atoms with E-state index >= 15 is 0 Å². The Morgan fingerprint density at radius 2 is 2.12 bits per heavy atom. The quantitative estimate of drug-likeness (QED) is 0.645. The number of carbonyl (C=O) groups is 1. The van der Waals surface area contributed by atoms with Crippen LogP contribution in [-0.2, 0) is 9.47 Å². The molecule has 94 valence electrons. The first kappa shape index (κ1) is 14.5. The Bertz CT molecular complexity index is 393. The lowest BCUT2D eigenvalue weighted by Gasteiger charge is -2.13. The van der Waals surface area contributed by atoms with Crippen molar-refractivity contribution >= 4 is 33.7 Å². The van der Waals surface area contributed by atoms with E-state index in [4.69, 9.17) is 14.6 Å². The second-order valence-corrected chi connectivity index (χ2v) is 5.14. The van der Waals surface area contributed by atoms with Crippen LogP contribution in [0.15, 0.2) is 27.6 Å². The summed E-state index contributed by atoms with van der Waals surface area (Å²) in [7, 11) is 3.10. The molecule has 0 heterocycles. The number of rotatable bonds is 6. The van der Waals surface area contributed by atoms with Crippen molar-refractivity contribution in [2.45, 2.75) is 11.2 Å². The molecule has 6 heteroatoms. The highest BCUT2D eigenvalue weighted by atomic mass is 79.9. The van der Waals surface area contributed by atoms with Gasteiger partial charge in [-0.05, 0) is 18.2 Å². The molecule has 0 amide bonds. The molecule has 0 aliphatic rings. The second-order valence-electron chi connectivity index (χ2n) is 3.16. The fourth-order valence-corrected chi connectivity index (χ4v) is 2.80. The number of hydrogen-bond acceptors (Lipinski definition) is 4. The largest absolute Gasteiger partial charge is 0.478 e. The standard InChI is InChI=1S/C11H13BrO4S/c1-15-10(16-2)6-17-9-5-7(12)3-4-8(9)11(13)14/h3-5,10H,6H2,1-2H3,(H,13,14). The van der Waals surface area contributed by atoms with Crippen molar-refractivity contribution in [3.8, 4) is 0 Å². The Kier molecular flexibility index (Phi) is 5.97. The summed E-state index contributed by atoms with van der Waals surface area (Å²) >= 11 is 4.70. The molecule has 0 aliphatic heterocycles. The summed E-state index contributed by atoms with van der Waals surface area (Å²) in [4.78, 5) is 11.7. The van der Waals surface area contributed by atoms with Crippen molar-refractivity contribution in [2.75, 3.05) is 20.0 Å². The summed E-state index contributed by atoms with van der Waals surface area (Å²) in [6.07, 6.45) is -0.347. The summed E-state index contributed by atoms with van der Waals surface area (Å²) in [5, 5.41) is 9.05. The summed E-state index contributed by atoms with van der Waals surface area (Å²) in [6.45, 7) is 0. The first-order valence-electron chi connectivity index (χ1n) is 4.79. The van der Waals surface area contributed by atoms with E-state index in [9.17, 15) is 4.79 Å². The van der Waals surface area contributed by atoms with Gasteiger partial charge in [-0.3, -0.25) is 0 Å². The molecule has 0 aliphatic carbocycles. The zero-order valence-corrected chi connectivity index (χ0v) is 11.9.